The van der Waals surface area contributed by atoms with Crippen LogP contribution in [0.25, 0.3) is 10.7 Å². The van der Waals surface area contributed by atoms with Crippen LogP contribution in [0.15, 0.2) is 46.6 Å². The topological polar surface area (TPSA) is 77.8 Å². The molecule has 2 heterocycles. The first-order valence-corrected chi connectivity index (χ1v) is 6.63. The Kier molecular flexibility index (Phi) is 2.88. The summed E-state index contributed by atoms with van der Waals surface area (Å²) < 4.78 is 5.30. The van der Waals surface area contributed by atoms with Crippen molar-refractivity contribution >= 4 is 11.3 Å². The zero-order valence-corrected chi connectivity index (χ0v) is 11.1. The predicted octanol–water partition coefficient (Wildman–Crippen LogP) is 2.42. The van der Waals surface area contributed by atoms with Gasteiger partial charge in [0.2, 0.25) is 5.82 Å². The Morgan fingerprint density at radius 2 is 2.05 bits per heavy atom. The molecule has 0 aliphatic heterocycles. The van der Waals surface area contributed by atoms with Gasteiger partial charge in [0.1, 0.15) is 5.54 Å². The molecular formula is C13H12N4OS. The van der Waals surface area contributed by atoms with Crippen LogP contribution in [0.5, 0.6) is 0 Å². The monoisotopic (exact) mass is 272 g/mol. The maximum atomic E-state index is 6.32. The van der Waals surface area contributed by atoms with E-state index in [0.29, 0.717) is 11.7 Å². The van der Waals surface area contributed by atoms with Crippen molar-refractivity contribution in [2.45, 2.75) is 12.5 Å². The van der Waals surface area contributed by atoms with Gasteiger partial charge in [0.05, 0.1) is 10.4 Å². The number of rotatable bonds is 3. The highest BCUT2D eigenvalue weighted by molar-refractivity contribution is 7.13. The number of nitrogens with zero attached hydrogens (tertiary/aromatic N) is 3. The smallest absolute Gasteiger partial charge is 0.251 e. The largest absolute Gasteiger partial charge is 0.337 e. The van der Waals surface area contributed by atoms with Gasteiger partial charge in [0.15, 0.2) is 0 Å². The number of hydrogen-bond acceptors (Lipinski definition) is 6. The Labute approximate surface area is 114 Å². The third-order valence-electron chi connectivity index (χ3n) is 2.90. The van der Waals surface area contributed by atoms with E-state index in [1.54, 1.807) is 11.7 Å². The lowest BCUT2D eigenvalue weighted by atomic mass is 9.93. The molecule has 0 fully saturated rings. The number of nitrogens with two attached hydrogens (primary N) is 1. The Bertz CT molecular complexity index is 661. The highest BCUT2D eigenvalue weighted by Gasteiger charge is 2.30. The van der Waals surface area contributed by atoms with E-state index < -0.39 is 5.54 Å². The van der Waals surface area contributed by atoms with Gasteiger partial charge in [0, 0.05) is 6.20 Å². The normalized spacial score (nSPS) is 14.2. The van der Waals surface area contributed by atoms with Crippen molar-refractivity contribution in [3.8, 4) is 10.7 Å². The standard InChI is InChI=1S/C13H12N4OS/c1-13(14,9-5-3-2-4-6-9)12-16-11(17-18-12)10-7-15-8-19-10/h2-8H,14H2,1H3. The number of benzene rings is 1. The van der Waals surface area contributed by atoms with Gasteiger partial charge in [0.25, 0.3) is 5.89 Å². The molecule has 0 amide bonds. The molecule has 1 aromatic carbocycles. The minimum absolute atomic E-state index is 0.391. The Morgan fingerprint density at radius 3 is 2.74 bits per heavy atom. The van der Waals surface area contributed by atoms with E-state index in [4.69, 9.17) is 10.3 Å². The molecule has 0 aliphatic carbocycles. The second kappa shape index (κ2) is 4.56. The van der Waals surface area contributed by atoms with Crippen LogP contribution in [0.4, 0.5) is 0 Å². The minimum atomic E-state index is -0.808. The van der Waals surface area contributed by atoms with Crippen LogP contribution in [0.3, 0.4) is 0 Å². The van der Waals surface area contributed by atoms with Crippen LogP contribution in [-0.2, 0) is 5.54 Å². The zero-order valence-electron chi connectivity index (χ0n) is 10.3. The lowest BCUT2D eigenvalue weighted by molar-refractivity contribution is 0.325. The summed E-state index contributed by atoms with van der Waals surface area (Å²) in [6, 6.07) is 9.69. The molecule has 3 rings (SSSR count). The van der Waals surface area contributed by atoms with Crippen LogP contribution < -0.4 is 5.73 Å². The quantitative estimate of drug-likeness (QED) is 0.792. The predicted molar refractivity (Wildman–Crippen MR) is 72.5 cm³/mol. The number of thiazole rings is 1. The first kappa shape index (κ1) is 12.0. The molecule has 0 aliphatic rings. The number of hydrogen-bond donors (Lipinski definition) is 1. The van der Waals surface area contributed by atoms with Gasteiger partial charge in [-0.25, -0.2) is 0 Å². The van der Waals surface area contributed by atoms with Crippen molar-refractivity contribution in [1.29, 1.82) is 0 Å². The van der Waals surface area contributed by atoms with Gasteiger partial charge >= 0.3 is 0 Å². The van der Waals surface area contributed by atoms with E-state index in [0.717, 1.165) is 10.4 Å². The average Bonchev–Trinajstić information content (AvgIpc) is 3.10. The van der Waals surface area contributed by atoms with Gasteiger partial charge in [-0.15, -0.1) is 11.3 Å². The molecule has 0 saturated heterocycles. The molecule has 0 saturated carbocycles. The third kappa shape index (κ3) is 2.16. The zero-order chi connectivity index (χ0) is 13.3. The second-order valence-corrected chi connectivity index (χ2v) is 5.24. The molecular weight excluding hydrogens is 260 g/mol. The molecule has 2 N–H and O–H groups in total. The van der Waals surface area contributed by atoms with Crippen molar-refractivity contribution in [3.63, 3.8) is 0 Å². The fourth-order valence-corrected chi connectivity index (χ4v) is 2.31. The van der Waals surface area contributed by atoms with Gasteiger partial charge in [-0.3, -0.25) is 4.98 Å². The van der Waals surface area contributed by atoms with Crippen molar-refractivity contribution in [2.75, 3.05) is 0 Å². The summed E-state index contributed by atoms with van der Waals surface area (Å²) in [6.45, 7) is 1.85. The molecule has 0 spiro atoms. The highest BCUT2D eigenvalue weighted by atomic mass is 32.1. The minimum Gasteiger partial charge on any atom is -0.337 e. The first-order chi connectivity index (χ1) is 9.18. The fraction of sp³-hybridized carbons (Fsp3) is 0.154. The summed E-state index contributed by atoms with van der Waals surface area (Å²) in [5.74, 6) is 0.909. The lowest BCUT2D eigenvalue weighted by Gasteiger charge is -2.19. The Morgan fingerprint density at radius 1 is 1.26 bits per heavy atom. The summed E-state index contributed by atoms with van der Waals surface area (Å²) in [4.78, 5) is 9.22. The lowest BCUT2D eigenvalue weighted by Crippen LogP contribution is -2.34. The summed E-state index contributed by atoms with van der Waals surface area (Å²) in [7, 11) is 0. The molecule has 1 atom stereocenters. The van der Waals surface area contributed by atoms with Crippen molar-refractivity contribution in [3.05, 3.63) is 53.5 Å². The number of aromatic nitrogens is 3. The van der Waals surface area contributed by atoms with Crippen LogP contribution in [0.2, 0.25) is 0 Å². The maximum Gasteiger partial charge on any atom is 0.251 e. The summed E-state index contributed by atoms with van der Waals surface area (Å²) in [5.41, 5.74) is 8.16. The van der Waals surface area contributed by atoms with Crippen LogP contribution in [-0.4, -0.2) is 15.1 Å². The molecule has 3 aromatic rings. The average molecular weight is 272 g/mol. The Hall–Kier alpha value is -2.05. The summed E-state index contributed by atoms with van der Waals surface area (Å²) in [6.07, 6.45) is 1.70. The molecule has 6 heteroatoms. The second-order valence-electron chi connectivity index (χ2n) is 4.36. The van der Waals surface area contributed by atoms with Crippen LogP contribution in [0.1, 0.15) is 18.4 Å². The van der Waals surface area contributed by atoms with Gasteiger partial charge < -0.3 is 10.3 Å². The highest BCUT2D eigenvalue weighted by Crippen LogP contribution is 2.27. The van der Waals surface area contributed by atoms with Crippen LogP contribution >= 0.6 is 11.3 Å². The molecule has 1 unspecified atom stereocenters. The van der Waals surface area contributed by atoms with E-state index in [9.17, 15) is 0 Å². The summed E-state index contributed by atoms with van der Waals surface area (Å²) in [5, 5.41) is 3.95. The van der Waals surface area contributed by atoms with E-state index in [2.05, 4.69) is 15.1 Å². The SMILES string of the molecule is CC(N)(c1ccccc1)c1nc(-c2cncs2)no1. The maximum absolute atomic E-state index is 6.32. The van der Waals surface area contributed by atoms with E-state index in [1.807, 2.05) is 37.3 Å². The molecule has 0 radical (unpaired) electrons. The first-order valence-electron chi connectivity index (χ1n) is 5.75. The fourth-order valence-electron chi connectivity index (χ4n) is 1.77. The molecule has 19 heavy (non-hydrogen) atoms. The van der Waals surface area contributed by atoms with E-state index in [1.165, 1.54) is 11.3 Å². The van der Waals surface area contributed by atoms with Crippen molar-refractivity contribution in [2.24, 2.45) is 5.73 Å². The van der Waals surface area contributed by atoms with Crippen molar-refractivity contribution < 1.29 is 4.52 Å². The van der Waals surface area contributed by atoms with Gasteiger partial charge in [-0.2, -0.15) is 4.98 Å². The van der Waals surface area contributed by atoms with Gasteiger partial charge in [-0.1, -0.05) is 35.5 Å². The van der Waals surface area contributed by atoms with Crippen molar-refractivity contribution in [1.82, 2.24) is 15.1 Å². The third-order valence-corrected chi connectivity index (χ3v) is 3.67. The Balaban J connectivity index is 1.99. The molecule has 2 aromatic heterocycles. The molecule has 5 nitrogen and oxygen atoms in total. The van der Waals surface area contributed by atoms with Crippen LogP contribution in [0, 0.1) is 0 Å². The van der Waals surface area contributed by atoms with E-state index in [-0.39, 0.29) is 0 Å². The molecule has 0 bridgehead atoms. The summed E-state index contributed by atoms with van der Waals surface area (Å²) >= 11 is 1.46. The van der Waals surface area contributed by atoms with Gasteiger partial charge in [-0.05, 0) is 12.5 Å². The van der Waals surface area contributed by atoms with E-state index >= 15 is 0 Å². The molecule has 96 valence electrons.